The van der Waals surface area contributed by atoms with Gasteiger partial charge in [-0.2, -0.15) is 13.2 Å². The van der Waals surface area contributed by atoms with Crippen molar-refractivity contribution >= 4 is 5.97 Å². The summed E-state index contributed by atoms with van der Waals surface area (Å²) >= 11 is 0. The molecule has 3 N–H and O–H groups in total. The van der Waals surface area contributed by atoms with Crippen molar-refractivity contribution < 1.29 is 41.0 Å². The van der Waals surface area contributed by atoms with Gasteiger partial charge in [-0.3, -0.25) is 4.79 Å². The molecule has 1 rings (SSSR count). The van der Waals surface area contributed by atoms with Gasteiger partial charge in [0.05, 0.1) is 12.6 Å². The summed E-state index contributed by atoms with van der Waals surface area (Å²) in [6.45, 7) is -0.778. The molecule has 0 aromatic carbocycles. The van der Waals surface area contributed by atoms with Crippen LogP contribution in [-0.4, -0.2) is 22.4 Å². The molecular weight excluding hydrogens is 310 g/mol. The van der Waals surface area contributed by atoms with Crippen molar-refractivity contribution in [3.05, 3.63) is 23.0 Å². The minimum Gasteiger partial charge on any atom is -0.481 e. The Balaban J connectivity index is 3.49. The van der Waals surface area contributed by atoms with Crippen LogP contribution in [0.4, 0.5) is 26.3 Å². The van der Waals surface area contributed by atoms with Crippen LogP contribution in [0.3, 0.4) is 0 Å². The molecule has 1 aromatic heterocycles. The van der Waals surface area contributed by atoms with E-state index in [2.05, 4.69) is 9.72 Å². The average molecular weight is 318 g/mol. The van der Waals surface area contributed by atoms with Crippen molar-refractivity contribution in [2.45, 2.75) is 25.5 Å². The van der Waals surface area contributed by atoms with Gasteiger partial charge in [-0.05, 0) is 0 Å². The molecule has 11 heteroatoms. The summed E-state index contributed by atoms with van der Waals surface area (Å²) in [5.74, 6) is -2.74. The van der Waals surface area contributed by atoms with Crippen LogP contribution in [0, 0.1) is 0 Å². The van der Waals surface area contributed by atoms with Crippen molar-refractivity contribution in [2.24, 2.45) is 5.73 Å². The van der Waals surface area contributed by atoms with Gasteiger partial charge in [0.1, 0.15) is 5.69 Å². The molecule has 0 aliphatic carbocycles. The molecular formula is C10H8F6N2O3. The molecule has 1 aromatic rings. The number of nitrogens with zero attached hydrogens (tertiary/aromatic N) is 1. The lowest BCUT2D eigenvalue weighted by atomic mass is 10.0. The van der Waals surface area contributed by atoms with Crippen LogP contribution in [0.5, 0.6) is 5.75 Å². The zero-order valence-electron chi connectivity index (χ0n) is 10.0. The summed E-state index contributed by atoms with van der Waals surface area (Å²) in [4.78, 5) is 13.4. The number of ether oxygens (including phenoxy) is 1. The number of rotatable bonds is 4. The molecule has 1 heterocycles. The molecule has 0 unspecified atom stereocenters. The molecule has 0 saturated carbocycles. The smallest absolute Gasteiger partial charge is 0.481 e. The van der Waals surface area contributed by atoms with Gasteiger partial charge in [0.25, 0.3) is 0 Å². The summed E-state index contributed by atoms with van der Waals surface area (Å²) in [6.07, 6.45) is -11.2. The Kier molecular flexibility index (Phi) is 4.66. The molecule has 0 atom stereocenters. The van der Waals surface area contributed by atoms with Gasteiger partial charge < -0.3 is 15.6 Å². The number of aromatic nitrogens is 1. The highest BCUT2D eigenvalue weighted by molar-refractivity contribution is 5.71. The number of pyridine rings is 1. The summed E-state index contributed by atoms with van der Waals surface area (Å²) in [5, 5.41) is 8.60. The van der Waals surface area contributed by atoms with Crippen LogP contribution in [0.15, 0.2) is 6.20 Å². The largest absolute Gasteiger partial charge is 0.573 e. The maximum absolute atomic E-state index is 12.7. The number of halogens is 6. The van der Waals surface area contributed by atoms with Crippen LogP contribution >= 0.6 is 0 Å². The molecule has 5 nitrogen and oxygen atoms in total. The Morgan fingerprint density at radius 1 is 1.24 bits per heavy atom. The maximum Gasteiger partial charge on any atom is 0.573 e. The van der Waals surface area contributed by atoms with Gasteiger partial charge in [0.2, 0.25) is 0 Å². The van der Waals surface area contributed by atoms with Crippen molar-refractivity contribution in [3.63, 3.8) is 0 Å². The van der Waals surface area contributed by atoms with Gasteiger partial charge in [-0.1, -0.05) is 0 Å². The van der Waals surface area contributed by atoms with E-state index in [0.29, 0.717) is 0 Å². The first-order valence-corrected chi connectivity index (χ1v) is 5.21. The SMILES string of the molecule is NCc1c(OC(F)(F)F)cnc(C(F)(F)F)c1CC(=O)O. The Morgan fingerprint density at radius 2 is 1.81 bits per heavy atom. The Labute approximate surface area is 113 Å². The number of carboxylic acid groups (broad SMARTS) is 1. The number of carboxylic acids is 1. The Bertz CT molecular complexity index is 541. The van der Waals surface area contributed by atoms with Crippen LogP contribution in [0.2, 0.25) is 0 Å². The summed E-state index contributed by atoms with van der Waals surface area (Å²) in [6, 6.07) is 0. The standard InChI is InChI=1S/C10H8F6N2O3/c11-9(12,13)8-4(1-7(19)20)5(2-17)6(3-18-8)21-10(14,15)16/h3H,1-2,17H2,(H,19,20). The first kappa shape index (κ1) is 17.0. The molecule has 0 spiro atoms. The molecule has 0 fully saturated rings. The van der Waals surface area contributed by atoms with Crippen molar-refractivity contribution in [2.75, 3.05) is 0 Å². The van der Waals surface area contributed by atoms with Gasteiger partial charge in [-0.25, -0.2) is 4.98 Å². The van der Waals surface area contributed by atoms with E-state index in [-0.39, 0.29) is 6.20 Å². The lowest BCUT2D eigenvalue weighted by Crippen LogP contribution is -2.23. The predicted molar refractivity (Wildman–Crippen MR) is 55.2 cm³/mol. The van der Waals surface area contributed by atoms with E-state index in [9.17, 15) is 31.1 Å². The fourth-order valence-corrected chi connectivity index (χ4v) is 1.59. The first-order chi connectivity index (χ1) is 9.45. The van der Waals surface area contributed by atoms with Crippen LogP contribution in [-0.2, 0) is 23.9 Å². The third kappa shape index (κ3) is 4.48. The van der Waals surface area contributed by atoms with E-state index in [1.54, 1.807) is 0 Å². The summed E-state index contributed by atoms with van der Waals surface area (Å²) in [7, 11) is 0. The predicted octanol–water partition coefficient (Wildman–Crippen LogP) is 2.08. The third-order valence-electron chi connectivity index (χ3n) is 2.28. The van der Waals surface area contributed by atoms with Crippen LogP contribution < -0.4 is 10.5 Å². The average Bonchev–Trinajstić information content (AvgIpc) is 2.24. The topological polar surface area (TPSA) is 85.4 Å². The summed E-state index contributed by atoms with van der Waals surface area (Å²) < 4.78 is 78.2. The lowest BCUT2D eigenvalue weighted by Gasteiger charge is -2.18. The number of alkyl halides is 6. The highest BCUT2D eigenvalue weighted by Crippen LogP contribution is 2.36. The van der Waals surface area contributed by atoms with Crippen molar-refractivity contribution in [3.8, 4) is 5.75 Å². The van der Waals surface area contributed by atoms with Crippen LogP contribution in [0.25, 0.3) is 0 Å². The van der Waals surface area contributed by atoms with E-state index < -0.39 is 54.0 Å². The number of nitrogens with two attached hydrogens (primary N) is 1. The number of hydrogen-bond donors (Lipinski definition) is 2. The fourth-order valence-electron chi connectivity index (χ4n) is 1.59. The minimum absolute atomic E-state index is 0.212. The maximum atomic E-state index is 12.7. The van der Waals surface area contributed by atoms with E-state index in [0.717, 1.165) is 0 Å². The molecule has 0 aliphatic rings. The quantitative estimate of drug-likeness (QED) is 0.830. The molecule has 0 bridgehead atoms. The monoisotopic (exact) mass is 318 g/mol. The van der Waals surface area contributed by atoms with Crippen molar-refractivity contribution in [1.82, 2.24) is 4.98 Å². The normalized spacial score (nSPS) is 12.3. The van der Waals surface area contributed by atoms with E-state index in [4.69, 9.17) is 10.8 Å². The number of aliphatic carboxylic acids is 1. The molecule has 0 amide bonds. The van der Waals surface area contributed by atoms with Gasteiger partial charge in [-0.15, -0.1) is 13.2 Å². The van der Waals surface area contributed by atoms with E-state index in [1.165, 1.54) is 0 Å². The fraction of sp³-hybridized carbons (Fsp3) is 0.400. The molecule has 0 aliphatic heterocycles. The zero-order valence-corrected chi connectivity index (χ0v) is 10.0. The van der Waals surface area contributed by atoms with Gasteiger partial charge >= 0.3 is 18.5 Å². The van der Waals surface area contributed by atoms with E-state index in [1.807, 2.05) is 0 Å². The second kappa shape index (κ2) is 5.76. The molecule has 0 radical (unpaired) electrons. The highest BCUT2D eigenvalue weighted by Gasteiger charge is 2.39. The Morgan fingerprint density at radius 3 is 2.19 bits per heavy atom. The number of carbonyl (C=O) groups is 1. The molecule has 21 heavy (non-hydrogen) atoms. The summed E-state index contributed by atoms with van der Waals surface area (Å²) in [5.41, 5.74) is 1.84. The molecule has 118 valence electrons. The lowest BCUT2D eigenvalue weighted by molar-refractivity contribution is -0.275. The second-order valence-electron chi connectivity index (χ2n) is 3.75. The van der Waals surface area contributed by atoms with Gasteiger partial charge in [0, 0.05) is 17.7 Å². The van der Waals surface area contributed by atoms with Crippen molar-refractivity contribution in [1.29, 1.82) is 0 Å². The first-order valence-electron chi connectivity index (χ1n) is 5.21. The second-order valence-corrected chi connectivity index (χ2v) is 3.75. The van der Waals surface area contributed by atoms with E-state index >= 15 is 0 Å². The Hall–Kier alpha value is -2.04. The van der Waals surface area contributed by atoms with Crippen LogP contribution in [0.1, 0.15) is 16.8 Å². The third-order valence-corrected chi connectivity index (χ3v) is 2.28. The zero-order chi connectivity index (χ0) is 16.4. The number of hydrogen-bond acceptors (Lipinski definition) is 4. The highest BCUT2D eigenvalue weighted by atomic mass is 19.4. The van der Waals surface area contributed by atoms with Gasteiger partial charge in [0.15, 0.2) is 5.75 Å². The molecule has 0 saturated heterocycles. The minimum atomic E-state index is -5.17.